The van der Waals surface area contributed by atoms with Crippen molar-refractivity contribution in [3.63, 3.8) is 0 Å². The monoisotopic (exact) mass is 452 g/mol. The average molecular weight is 453 g/mol. The van der Waals surface area contributed by atoms with Gasteiger partial charge in [-0.05, 0) is 86.3 Å². The molecule has 1 atom stereocenters. The van der Waals surface area contributed by atoms with Crippen LogP contribution in [0.5, 0.6) is 0 Å². The molecule has 4 aliphatic rings. The summed E-state index contributed by atoms with van der Waals surface area (Å²) in [6.07, 6.45) is 9.77. The average Bonchev–Trinajstić information content (AvgIpc) is 3.20. The van der Waals surface area contributed by atoms with Crippen LogP contribution in [0.15, 0.2) is 24.4 Å². The van der Waals surface area contributed by atoms with Crippen molar-refractivity contribution in [1.29, 1.82) is 0 Å². The highest BCUT2D eigenvalue weighted by Gasteiger charge is 2.50. The second kappa shape index (κ2) is 8.15. The molecule has 2 aromatic heterocycles. The fraction of sp³-hybridized carbons (Fsp3) is 0.600. The number of carboxylic acid groups (broad SMARTS) is 1. The Kier molecular flexibility index (Phi) is 5.41. The van der Waals surface area contributed by atoms with Crippen LogP contribution in [0.25, 0.3) is 5.52 Å². The molecule has 33 heavy (non-hydrogen) atoms. The smallest absolute Gasteiger partial charge is 0.326 e. The zero-order valence-corrected chi connectivity index (χ0v) is 19.3. The second-order valence-electron chi connectivity index (χ2n) is 10.6. The van der Waals surface area contributed by atoms with Crippen molar-refractivity contribution < 1.29 is 19.5 Å². The maximum atomic E-state index is 13.2. The van der Waals surface area contributed by atoms with E-state index in [4.69, 9.17) is 0 Å². The molecule has 0 aromatic carbocycles. The van der Waals surface area contributed by atoms with E-state index in [9.17, 15) is 19.5 Å². The number of rotatable bonds is 7. The lowest BCUT2D eigenvalue weighted by Gasteiger charge is -2.56. The number of carboxylic acids is 1. The van der Waals surface area contributed by atoms with E-state index in [0.717, 1.165) is 17.8 Å². The van der Waals surface area contributed by atoms with Gasteiger partial charge in [0.05, 0.1) is 11.1 Å². The van der Waals surface area contributed by atoms with E-state index < -0.39 is 17.9 Å². The molecule has 2 heterocycles. The molecule has 2 amide bonds. The molecule has 2 N–H and O–H groups in total. The molecule has 8 heteroatoms. The van der Waals surface area contributed by atoms with Crippen LogP contribution < -0.4 is 5.32 Å². The lowest BCUT2D eigenvalue weighted by atomic mass is 9.49. The van der Waals surface area contributed by atoms with E-state index in [1.54, 1.807) is 31.3 Å². The van der Waals surface area contributed by atoms with Gasteiger partial charge in [0.1, 0.15) is 6.04 Å². The van der Waals surface area contributed by atoms with Crippen molar-refractivity contribution in [1.82, 2.24) is 19.8 Å². The number of hydrogen-bond donors (Lipinski definition) is 2. The lowest BCUT2D eigenvalue weighted by molar-refractivity contribution is -0.142. The zero-order valence-electron chi connectivity index (χ0n) is 19.3. The first-order chi connectivity index (χ1) is 15.8. The van der Waals surface area contributed by atoms with Crippen molar-refractivity contribution in [3.05, 3.63) is 35.7 Å². The maximum Gasteiger partial charge on any atom is 0.326 e. The third kappa shape index (κ3) is 3.89. The molecule has 1 unspecified atom stereocenters. The molecule has 4 bridgehead atoms. The molecular weight excluding hydrogens is 420 g/mol. The van der Waals surface area contributed by atoms with Gasteiger partial charge in [-0.3, -0.25) is 9.59 Å². The molecule has 6 rings (SSSR count). The normalized spacial score (nSPS) is 28.6. The fourth-order valence-electron chi connectivity index (χ4n) is 7.12. The number of aromatic nitrogens is 2. The summed E-state index contributed by atoms with van der Waals surface area (Å²) >= 11 is 0. The number of carbonyl (C=O) groups excluding carboxylic acids is 2. The summed E-state index contributed by atoms with van der Waals surface area (Å²) in [6, 6.07) is 4.14. The third-order valence-corrected chi connectivity index (χ3v) is 8.21. The number of aliphatic carboxylic acids is 1. The molecule has 0 saturated heterocycles. The second-order valence-corrected chi connectivity index (χ2v) is 10.6. The molecule has 4 aliphatic carbocycles. The van der Waals surface area contributed by atoms with Gasteiger partial charge in [-0.15, -0.1) is 0 Å². The fourth-order valence-corrected chi connectivity index (χ4v) is 7.12. The van der Waals surface area contributed by atoms with E-state index in [1.807, 2.05) is 0 Å². The Balaban J connectivity index is 1.33. The van der Waals surface area contributed by atoms with Crippen molar-refractivity contribution in [2.45, 2.75) is 57.9 Å². The predicted octanol–water partition coefficient (Wildman–Crippen LogP) is 3.22. The first-order valence-corrected chi connectivity index (χ1v) is 12.0. The van der Waals surface area contributed by atoms with Gasteiger partial charge in [-0.25, -0.2) is 9.31 Å². The van der Waals surface area contributed by atoms with Crippen LogP contribution in [0.3, 0.4) is 0 Å². The molecule has 176 valence electrons. The standard InChI is InChI=1S/C25H32N4O4/c1-3-20(24(32)33)28(2)23(31)19-10-21-18(5-4-6-29(21)27-19)22(30)26-14-25-11-15-7-16(12-25)9-17(8-15)13-25/h4-6,10,15-17,20H,3,7-9,11-14H2,1-2H3,(H,26,30)(H,32,33). The van der Waals surface area contributed by atoms with Crippen LogP contribution in [-0.4, -0.2) is 57.0 Å². The number of pyridine rings is 1. The van der Waals surface area contributed by atoms with Gasteiger partial charge in [0, 0.05) is 19.8 Å². The molecule has 4 saturated carbocycles. The molecule has 0 aliphatic heterocycles. The van der Waals surface area contributed by atoms with Crippen LogP contribution in [0, 0.1) is 23.2 Å². The molecule has 4 fully saturated rings. The maximum absolute atomic E-state index is 13.2. The molecule has 8 nitrogen and oxygen atoms in total. The zero-order chi connectivity index (χ0) is 23.3. The van der Waals surface area contributed by atoms with Gasteiger partial charge < -0.3 is 15.3 Å². The topological polar surface area (TPSA) is 104 Å². The number of likely N-dealkylation sites (N-methyl/N-ethyl adjacent to an activating group) is 1. The number of nitrogens with zero attached hydrogens (tertiary/aromatic N) is 3. The van der Waals surface area contributed by atoms with Gasteiger partial charge in [0.2, 0.25) is 0 Å². The number of carbonyl (C=O) groups is 3. The third-order valence-electron chi connectivity index (χ3n) is 8.21. The highest BCUT2D eigenvalue weighted by Crippen LogP contribution is 2.59. The first-order valence-electron chi connectivity index (χ1n) is 12.0. The quantitative estimate of drug-likeness (QED) is 0.671. The minimum Gasteiger partial charge on any atom is -0.480 e. The molecular formula is C25H32N4O4. The van der Waals surface area contributed by atoms with Gasteiger partial charge in [0.25, 0.3) is 11.8 Å². The van der Waals surface area contributed by atoms with Crippen LogP contribution >= 0.6 is 0 Å². The summed E-state index contributed by atoms with van der Waals surface area (Å²) in [7, 11) is 1.47. The van der Waals surface area contributed by atoms with Crippen molar-refractivity contribution in [2.75, 3.05) is 13.6 Å². The minimum absolute atomic E-state index is 0.124. The summed E-state index contributed by atoms with van der Waals surface area (Å²) in [6.45, 7) is 2.42. The minimum atomic E-state index is -1.05. The van der Waals surface area contributed by atoms with Crippen LogP contribution in [0.1, 0.15) is 72.7 Å². The predicted molar refractivity (Wildman–Crippen MR) is 122 cm³/mol. The van der Waals surface area contributed by atoms with Crippen LogP contribution in [0.2, 0.25) is 0 Å². The lowest BCUT2D eigenvalue weighted by Crippen LogP contribution is -2.51. The summed E-state index contributed by atoms with van der Waals surface area (Å²) < 4.78 is 1.52. The summed E-state index contributed by atoms with van der Waals surface area (Å²) in [5.41, 5.74) is 1.38. The van der Waals surface area contributed by atoms with E-state index in [1.165, 1.54) is 55.0 Å². The Hall–Kier alpha value is -2.90. The number of hydrogen-bond acceptors (Lipinski definition) is 4. The largest absolute Gasteiger partial charge is 0.480 e. The van der Waals surface area contributed by atoms with Crippen LogP contribution in [0.4, 0.5) is 0 Å². The Morgan fingerprint density at radius 2 is 1.85 bits per heavy atom. The molecule has 0 radical (unpaired) electrons. The molecule has 0 spiro atoms. The number of amides is 2. The Bertz CT molecular complexity index is 1070. The molecule has 2 aromatic rings. The van der Waals surface area contributed by atoms with E-state index in [2.05, 4.69) is 10.4 Å². The highest BCUT2D eigenvalue weighted by atomic mass is 16.4. The number of nitrogens with one attached hydrogen (secondary N) is 1. The summed E-state index contributed by atoms with van der Waals surface area (Å²) in [4.78, 5) is 38.7. The number of fused-ring (bicyclic) bond motifs is 1. The van der Waals surface area contributed by atoms with Crippen molar-refractivity contribution in [3.8, 4) is 0 Å². The summed E-state index contributed by atoms with van der Waals surface area (Å²) in [5.74, 6) is 0.800. The van der Waals surface area contributed by atoms with E-state index in [-0.39, 0.29) is 17.0 Å². The summed E-state index contributed by atoms with van der Waals surface area (Å²) in [5, 5.41) is 16.9. The first kappa shape index (κ1) is 21.9. The van der Waals surface area contributed by atoms with Gasteiger partial charge >= 0.3 is 5.97 Å². The SMILES string of the molecule is CCC(C(=O)O)N(C)C(=O)c1cc2c(C(=O)NCC34CC5CC(CC(C5)C3)C4)cccn2n1. The van der Waals surface area contributed by atoms with Crippen molar-refractivity contribution in [2.24, 2.45) is 23.2 Å². The highest BCUT2D eigenvalue weighted by molar-refractivity contribution is 6.02. The Morgan fingerprint density at radius 3 is 2.42 bits per heavy atom. The van der Waals surface area contributed by atoms with Gasteiger partial charge in [-0.2, -0.15) is 5.10 Å². The Morgan fingerprint density at radius 1 is 1.21 bits per heavy atom. The van der Waals surface area contributed by atoms with Gasteiger partial charge in [-0.1, -0.05) is 6.92 Å². The van der Waals surface area contributed by atoms with E-state index >= 15 is 0 Å². The van der Waals surface area contributed by atoms with Crippen LogP contribution in [-0.2, 0) is 4.79 Å². The van der Waals surface area contributed by atoms with E-state index in [0.29, 0.717) is 24.0 Å². The Labute approximate surface area is 193 Å². The van der Waals surface area contributed by atoms with Crippen molar-refractivity contribution >= 4 is 23.3 Å². The van der Waals surface area contributed by atoms with Gasteiger partial charge in [0.15, 0.2) is 5.69 Å².